The summed E-state index contributed by atoms with van der Waals surface area (Å²) in [6, 6.07) is 2.37. The van der Waals surface area contributed by atoms with Crippen LogP contribution in [0.25, 0.3) is 0 Å². The third-order valence-corrected chi connectivity index (χ3v) is 2.85. The summed E-state index contributed by atoms with van der Waals surface area (Å²) >= 11 is 0. The SMILES string of the molecule is CN(C(=O)O)c1cc(C(F)(F)C2CC2)ccn1. The molecule has 0 spiro atoms. The van der Waals surface area contributed by atoms with Gasteiger partial charge >= 0.3 is 6.09 Å². The third kappa shape index (κ3) is 2.20. The Morgan fingerprint density at radius 2 is 2.24 bits per heavy atom. The van der Waals surface area contributed by atoms with E-state index in [1.54, 1.807) is 0 Å². The quantitative estimate of drug-likeness (QED) is 0.886. The second-order valence-corrected chi connectivity index (χ2v) is 4.14. The molecule has 0 aromatic carbocycles. The fourth-order valence-corrected chi connectivity index (χ4v) is 1.59. The average Bonchev–Trinajstić information content (AvgIpc) is 3.12. The van der Waals surface area contributed by atoms with Crippen LogP contribution >= 0.6 is 0 Å². The van der Waals surface area contributed by atoms with Gasteiger partial charge in [0, 0.05) is 24.7 Å². The monoisotopic (exact) mass is 242 g/mol. The van der Waals surface area contributed by atoms with Crippen LogP contribution in [0.1, 0.15) is 18.4 Å². The fourth-order valence-electron chi connectivity index (χ4n) is 1.59. The fraction of sp³-hybridized carbons (Fsp3) is 0.455. The minimum absolute atomic E-state index is 0.00956. The molecule has 1 saturated carbocycles. The number of hydrogen-bond acceptors (Lipinski definition) is 2. The first-order chi connectivity index (χ1) is 7.93. The summed E-state index contributed by atoms with van der Waals surface area (Å²) in [6.45, 7) is 0. The van der Waals surface area contributed by atoms with Crippen LogP contribution in [0.2, 0.25) is 0 Å². The lowest BCUT2D eigenvalue weighted by atomic mass is 10.1. The summed E-state index contributed by atoms with van der Waals surface area (Å²) in [5, 5.41) is 8.75. The van der Waals surface area contributed by atoms with E-state index >= 15 is 0 Å². The van der Waals surface area contributed by atoms with E-state index in [1.807, 2.05) is 0 Å². The number of hydrogen-bond donors (Lipinski definition) is 1. The summed E-state index contributed by atoms with van der Waals surface area (Å²) in [5.74, 6) is -3.50. The van der Waals surface area contributed by atoms with Gasteiger partial charge in [-0.3, -0.25) is 4.90 Å². The maximum atomic E-state index is 13.8. The van der Waals surface area contributed by atoms with Crippen LogP contribution in [0.5, 0.6) is 0 Å². The smallest absolute Gasteiger partial charge is 0.412 e. The van der Waals surface area contributed by atoms with Crippen LogP contribution in [-0.4, -0.2) is 23.2 Å². The predicted molar refractivity (Wildman–Crippen MR) is 57.3 cm³/mol. The Hall–Kier alpha value is -1.72. The van der Waals surface area contributed by atoms with Gasteiger partial charge in [-0.05, 0) is 25.0 Å². The Kier molecular flexibility index (Phi) is 2.73. The molecule has 1 aliphatic carbocycles. The largest absolute Gasteiger partial charge is 0.465 e. The van der Waals surface area contributed by atoms with Crippen LogP contribution in [-0.2, 0) is 5.92 Å². The summed E-state index contributed by atoms with van der Waals surface area (Å²) in [4.78, 5) is 15.3. The van der Waals surface area contributed by atoms with Crippen molar-refractivity contribution in [1.29, 1.82) is 0 Å². The highest BCUT2D eigenvalue weighted by Gasteiger charge is 2.48. The zero-order valence-corrected chi connectivity index (χ0v) is 9.23. The van der Waals surface area contributed by atoms with E-state index in [2.05, 4.69) is 4.98 Å². The first kappa shape index (κ1) is 11.8. The van der Waals surface area contributed by atoms with Gasteiger partial charge < -0.3 is 5.11 Å². The third-order valence-electron chi connectivity index (χ3n) is 2.85. The molecule has 17 heavy (non-hydrogen) atoms. The molecule has 1 aromatic rings. The minimum Gasteiger partial charge on any atom is -0.465 e. The van der Waals surface area contributed by atoms with E-state index in [4.69, 9.17) is 5.11 Å². The molecule has 0 saturated heterocycles. The lowest BCUT2D eigenvalue weighted by Gasteiger charge is -2.18. The molecule has 6 heteroatoms. The van der Waals surface area contributed by atoms with Gasteiger partial charge in [0.25, 0.3) is 5.92 Å². The maximum absolute atomic E-state index is 13.8. The van der Waals surface area contributed by atoms with E-state index in [9.17, 15) is 13.6 Å². The van der Waals surface area contributed by atoms with Crippen LogP contribution in [0.3, 0.4) is 0 Å². The van der Waals surface area contributed by atoms with Crippen molar-refractivity contribution in [3.63, 3.8) is 0 Å². The van der Waals surface area contributed by atoms with Crippen LogP contribution < -0.4 is 4.90 Å². The molecule has 1 heterocycles. The molecule has 0 bridgehead atoms. The van der Waals surface area contributed by atoms with Crippen molar-refractivity contribution >= 4 is 11.9 Å². The number of alkyl halides is 2. The van der Waals surface area contributed by atoms with E-state index in [0.717, 1.165) is 11.0 Å². The lowest BCUT2D eigenvalue weighted by Crippen LogP contribution is -2.25. The molecule has 1 fully saturated rings. The van der Waals surface area contributed by atoms with Gasteiger partial charge in [0.1, 0.15) is 5.82 Å². The molecular formula is C11H12F2N2O2. The summed E-state index contributed by atoms with van der Waals surface area (Å²) in [5.41, 5.74) is -0.168. The molecule has 1 N–H and O–H groups in total. The van der Waals surface area contributed by atoms with Gasteiger partial charge in [-0.25, -0.2) is 18.6 Å². The topological polar surface area (TPSA) is 53.4 Å². The zero-order valence-electron chi connectivity index (χ0n) is 9.23. The number of amides is 1. The molecule has 0 atom stereocenters. The van der Waals surface area contributed by atoms with Gasteiger partial charge in [0.05, 0.1) is 0 Å². The van der Waals surface area contributed by atoms with Crippen LogP contribution in [0, 0.1) is 5.92 Å². The number of pyridine rings is 1. The lowest BCUT2D eigenvalue weighted by molar-refractivity contribution is -0.0285. The molecule has 1 amide bonds. The van der Waals surface area contributed by atoms with E-state index in [-0.39, 0.29) is 11.4 Å². The minimum atomic E-state index is -2.89. The molecule has 4 nitrogen and oxygen atoms in total. The van der Waals surface area contributed by atoms with Crippen LogP contribution in [0.4, 0.5) is 19.4 Å². The Labute approximate surface area is 96.9 Å². The van der Waals surface area contributed by atoms with Crippen molar-refractivity contribution in [3.8, 4) is 0 Å². The standard InChI is InChI=1S/C11H12F2N2O2/c1-15(10(16)17)9-6-8(4-5-14-9)11(12,13)7-2-3-7/h4-7H,2-3H2,1H3,(H,16,17). The van der Waals surface area contributed by atoms with Crippen molar-refractivity contribution in [1.82, 2.24) is 4.98 Å². The zero-order chi connectivity index (χ0) is 12.6. The van der Waals surface area contributed by atoms with Crippen molar-refractivity contribution < 1.29 is 18.7 Å². The average molecular weight is 242 g/mol. The van der Waals surface area contributed by atoms with Gasteiger partial charge in [-0.2, -0.15) is 0 Å². The summed E-state index contributed by atoms with van der Waals surface area (Å²) in [6.07, 6.45) is 1.00. The Balaban J connectivity index is 2.31. The number of rotatable bonds is 3. The van der Waals surface area contributed by atoms with Gasteiger partial charge in [-0.15, -0.1) is 0 Å². The normalized spacial score (nSPS) is 15.7. The van der Waals surface area contributed by atoms with Gasteiger partial charge in [0.2, 0.25) is 0 Å². The van der Waals surface area contributed by atoms with Crippen molar-refractivity contribution in [2.24, 2.45) is 5.92 Å². The van der Waals surface area contributed by atoms with E-state index in [0.29, 0.717) is 12.8 Å². The molecule has 92 valence electrons. The number of anilines is 1. The van der Waals surface area contributed by atoms with Gasteiger partial charge in [-0.1, -0.05) is 0 Å². The number of halogens is 2. The van der Waals surface area contributed by atoms with Crippen molar-refractivity contribution in [3.05, 3.63) is 23.9 Å². The molecule has 0 radical (unpaired) electrons. The molecule has 1 aromatic heterocycles. The molecular weight excluding hydrogens is 230 g/mol. The van der Waals surface area contributed by atoms with Gasteiger partial charge in [0.15, 0.2) is 0 Å². The highest BCUT2D eigenvalue weighted by Crippen LogP contribution is 2.49. The molecule has 2 rings (SSSR count). The van der Waals surface area contributed by atoms with Crippen LogP contribution in [0.15, 0.2) is 18.3 Å². The summed E-state index contributed by atoms with van der Waals surface area (Å²) < 4.78 is 27.6. The van der Waals surface area contributed by atoms with Crippen molar-refractivity contribution in [2.45, 2.75) is 18.8 Å². The molecule has 0 unspecified atom stereocenters. The number of nitrogens with zero attached hydrogens (tertiary/aromatic N) is 2. The highest BCUT2D eigenvalue weighted by atomic mass is 19.3. The Morgan fingerprint density at radius 1 is 1.59 bits per heavy atom. The van der Waals surface area contributed by atoms with E-state index in [1.165, 1.54) is 19.3 Å². The molecule has 0 aliphatic heterocycles. The highest BCUT2D eigenvalue weighted by molar-refractivity contribution is 5.83. The second kappa shape index (κ2) is 3.94. The van der Waals surface area contributed by atoms with Crippen molar-refractivity contribution in [2.75, 3.05) is 11.9 Å². The first-order valence-corrected chi connectivity index (χ1v) is 5.24. The predicted octanol–water partition coefficient (Wildman–Crippen LogP) is 2.70. The summed E-state index contributed by atoms with van der Waals surface area (Å²) in [7, 11) is 1.27. The number of carbonyl (C=O) groups is 1. The Bertz CT molecular complexity index is 447. The second-order valence-electron chi connectivity index (χ2n) is 4.14. The Morgan fingerprint density at radius 3 is 2.76 bits per heavy atom. The maximum Gasteiger partial charge on any atom is 0.412 e. The first-order valence-electron chi connectivity index (χ1n) is 5.24. The number of carboxylic acid groups (broad SMARTS) is 1. The molecule has 1 aliphatic rings. The van der Waals surface area contributed by atoms with E-state index < -0.39 is 17.9 Å². The number of aromatic nitrogens is 1.